The molecule has 0 aliphatic heterocycles. The summed E-state index contributed by atoms with van der Waals surface area (Å²) in [5.41, 5.74) is 1.66. The first-order valence-corrected chi connectivity index (χ1v) is 7.34. The molecule has 2 atom stereocenters. The van der Waals surface area contributed by atoms with E-state index in [-0.39, 0.29) is 30.1 Å². The minimum Gasteiger partial charge on any atom is -0.497 e. The van der Waals surface area contributed by atoms with Crippen molar-refractivity contribution in [2.45, 2.75) is 18.9 Å². The van der Waals surface area contributed by atoms with Gasteiger partial charge in [0.05, 0.1) is 7.11 Å². The van der Waals surface area contributed by atoms with E-state index in [1.54, 1.807) is 25.3 Å². The van der Waals surface area contributed by atoms with Gasteiger partial charge in [0.1, 0.15) is 11.6 Å². The highest BCUT2D eigenvalue weighted by atomic mass is 19.1. The SMILES string of the molecule is COc1ccc(C2CC2C(=O)NCc2ccccc2F)cc1. The van der Waals surface area contributed by atoms with E-state index in [2.05, 4.69) is 5.32 Å². The van der Waals surface area contributed by atoms with Crippen LogP contribution in [-0.4, -0.2) is 13.0 Å². The van der Waals surface area contributed by atoms with Crippen LogP contribution in [0.15, 0.2) is 48.5 Å². The van der Waals surface area contributed by atoms with E-state index >= 15 is 0 Å². The Bertz CT molecular complexity index is 669. The fraction of sp³-hybridized carbons (Fsp3) is 0.278. The Balaban J connectivity index is 1.55. The van der Waals surface area contributed by atoms with Gasteiger partial charge in [0, 0.05) is 18.0 Å². The van der Waals surface area contributed by atoms with Crippen LogP contribution in [0.2, 0.25) is 0 Å². The number of hydrogen-bond acceptors (Lipinski definition) is 2. The lowest BCUT2D eigenvalue weighted by molar-refractivity contribution is -0.122. The molecule has 1 saturated carbocycles. The number of ether oxygens (including phenoxy) is 1. The largest absolute Gasteiger partial charge is 0.497 e. The lowest BCUT2D eigenvalue weighted by atomic mass is 10.1. The predicted molar refractivity (Wildman–Crippen MR) is 82.1 cm³/mol. The molecule has 1 N–H and O–H groups in total. The fourth-order valence-corrected chi connectivity index (χ4v) is 2.66. The summed E-state index contributed by atoms with van der Waals surface area (Å²) >= 11 is 0. The third-order valence-electron chi connectivity index (χ3n) is 4.08. The third kappa shape index (κ3) is 3.11. The molecule has 0 spiro atoms. The molecule has 1 amide bonds. The molecule has 0 aromatic heterocycles. The number of carbonyl (C=O) groups excluding carboxylic acids is 1. The minimum atomic E-state index is -0.287. The number of nitrogens with one attached hydrogen (secondary N) is 1. The highest BCUT2D eigenvalue weighted by molar-refractivity contribution is 5.82. The van der Waals surface area contributed by atoms with E-state index < -0.39 is 0 Å². The summed E-state index contributed by atoms with van der Waals surface area (Å²) in [6.07, 6.45) is 0.843. The standard InChI is InChI=1S/C18H18FNO2/c1-22-14-8-6-12(7-9-14)15-10-16(15)18(21)20-11-13-4-2-3-5-17(13)19/h2-9,15-16H,10-11H2,1H3,(H,20,21). The molecule has 22 heavy (non-hydrogen) atoms. The van der Waals surface area contributed by atoms with Crippen LogP contribution in [0.3, 0.4) is 0 Å². The predicted octanol–water partition coefficient (Wildman–Crippen LogP) is 3.25. The average molecular weight is 299 g/mol. The van der Waals surface area contributed by atoms with E-state index in [1.165, 1.54) is 6.07 Å². The second kappa shape index (κ2) is 6.18. The lowest BCUT2D eigenvalue weighted by Crippen LogP contribution is -2.25. The Hall–Kier alpha value is -2.36. The van der Waals surface area contributed by atoms with E-state index in [9.17, 15) is 9.18 Å². The van der Waals surface area contributed by atoms with Gasteiger partial charge in [-0.1, -0.05) is 30.3 Å². The van der Waals surface area contributed by atoms with Crippen LogP contribution >= 0.6 is 0 Å². The molecule has 3 rings (SSSR count). The van der Waals surface area contributed by atoms with Gasteiger partial charge in [0.15, 0.2) is 0 Å². The summed E-state index contributed by atoms with van der Waals surface area (Å²) in [7, 11) is 1.63. The minimum absolute atomic E-state index is 0.0101. The van der Waals surface area contributed by atoms with Gasteiger partial charge >= 0.3 is 0 Å². The zero-order valence-corrected chi connectivity index (χ0v) is 12.4. The highest BCUT2D eigenvalue weighted by Gasteiger charge is 2.43. The van der Waals surface area contributed by atoms with Crippen molar-refractivity contribution < 1.29 is 13.9 Å². The molecule has 2 aromatic rings. The smallest absolute Gasteiger partial charge is 0.224 e. The van der Waals surface area contributed by atoms with Crippen molar-refractivity contribution in [3.63, 3.8) is 0 Å². The van der Waals surface area contributed by atoms with Gasteiger partial charge in [-0.2, -0.15) is 0 Å². The normalized spacial score (nSPS) is 19.5. The van der Waals surface area contributed by atoms with Gasteiger partial charge in [0.25, 0.3) is 0 Å². The number of rotatable bonds is 5. The Labute approximate surface area is 129 Å². The Kier molecular flexibility index (Phi) is 4.09. The summed E-state index contributed by atoms with van der Waals surface area (Å²) in [5.74, 6) is 0.756. The first kappa shape index (κ1) is 14.6. The van der Waals surface area contributed by atoms with Gasteiger partial charge in [0.2, 0.25) is 5.91 Å². The van der Waals surface area contributed by atoms with Crippen LogP contribution in [0, 0.1) is 11.7 Å². The molecule has 1 fully saturated rings. The molecular weight excluding hydrogens is 281 g/mol. The molecule has 2 unspecified atom stereocenters. The fourth-order valence-electron chi connectivity index (χ4n) is 2.66. The van der Waals surface area contributed by atoms with Gasteiger partial charge in [-0.25, -0.2) is 4.39 Å². The molecule has 0 radical (unpaired) electrons. The summed E-state index contributed by atoms with van der Waals surface area (Å²) < 4.78 is 18.6. The van der Waals surface area contributed by atoms with Gasteiger partial charge in [-0.15, -0.1) is 0 Å². The monoisotopic (exact) mass is 299 g/mol. The molecule has 114 valence electrons. The Morgan fingerprint density at radius 3 is 2.64 bits per heavy atom. The average Bonchev–Trinajstić information content (AvgIpc) is 3.35. The molecule has 1 aliphatic rings. The van der Waals surface area contributed by atoms with Crippen molar-refractivity contribution in [1.82, 2.24) is 5.32 Å². The van der Waals surface area contributed by atoms with Crippen LogP contribution in [0.25, 0.3) is 0 Å². The number of halogens is 1. The van der Waals surface area contributed by atoms with Crippen molar-refractivity contribution in [3.05, 3.63) is 65.5 Å². The second-order valence-corrected chi connectivity index (χ2v) is 5.53. The summed E-state index contributed by atoms with van der Waals surface area (Å²) in [6, 6.07) is 14.3. The summed E-state index contributed by atoms with van der Waals surface area (Å²) in [6.45, 7) is 0.233. The molecule has 0 saturated heterocycles. The Morgan fingerprint density at radius 1 is 1.23 bits per heavy atom. The molecule has 3 nitrogen and oxygen atoms in total. The zero-order valence-electron chi connectivity index (χ0n) is 12.4. The zero-order chi connectivity index (χ0) is 15.5. The number of amides is 1. The number of carbonyl (C=O) groups is 1. The second-order valence-electron chi connectivity index (χ2n) is 5.53. The molecule has 2 aromatic carbocycles. The van der Waals surface area contributed by atoms with Crippen molar-refractivity contribution >= 4 is 5.91 Å². The summed E-state index contributed by atoms with van der Waals surface area (Å²) in [5, 5.41) is 2.82. The number of methoxy groups -OCH3 is 1. The molecular formula is C18H18FNO2. The maximum absolute atomic E-state index is 13.5. The highest BCUT2D eigenvalue weighted by Crippen LogP contribution is 2.47. The lowest BCUT2D eigenvalue weighted by Gasteiger charge is -2.06. The third-order valence-corrected chi connectivity index (χ3v) is 4.08. The molecule has 0 bridgehead atoms. The molecule has 0 heterocycles. The van der Waals surface area contributed by atoms with E-state index in [1.807, 2.05) is 24.3 Å². The number of hydrogen-bond donors (Lipinski definition) is 1. The first-order chi connectivity index (χ1) is 10.7. The molecule has 1 aliphatic carbocycles. The quantitative estimate of drug-likeness (QED) is 0.920. The van der Waals surface area contributed by atoms with Crippen LogP contribution in [-0.2, 0) is 11.3 Å². The van der Waals surface area contributed by atoms with Crippen molar-refractivity contribution in [3.8, 4) is 5.75 Å². The van der Waals surface area contributed by atoms with Gasteiger partial charge < -0.3 is 10.1 Å². The maximum Gasteiger partial charge on any atom is 0.224 e. The number of benzene rings is 2. The van der Waals surface area contributed by atoms with Crippen molar-refractivity contribution in [2.75, 3.05) is 7.11 Å². The van der Waals surface area contributed by atoms with Crippen LogP contribution in [0.1, 0.15) is 23.5 Å². The van der Waals surface area contributed by atoms with Crippen molar-refractivity contribution in [1.29, 1.82) is 0 Å². The van der Waals surface area contributed by atoms with Gasteiger partial charge in [-0.05, 0) is 36.1 Å². The van der Waals surface area contributed by atoms with E-state index in [4.69, 9.17) is 4.74 Å². The maximum atomic E-state index is 13.5. The first-order valence-electron chi connectivity index (χ1n) is 7.34. The van der Waals surface area contributed by atoms with Crippen LogP contribution in [0.4, 0.5) is 4.39 Å². The topological polar surface area (TPSA) is 38.3 Å². The van der Waals surface area contributed by atoms with Crippen LogP contribution in [0.5, 0.6) is 5.75 Å². The van der Waals surface area contributed by atoms with Crippen molar-refractivity contribution in [2.24, 2.45) is 5.92 Å². The summed E-state index contributed by atoms with van der Waals surface area (Å²) in [4.78, 5) is 12.1. The molecule has 4 heteroatoms. The van der Waals surface area contributed by atoms with Gasteiger partial charge in [-0.3, -0.25) is 4.79 Å². The van der Waals surface area contributed by atoms with E-state index in [0.717, 1.165) is 17.7 Å². The van der Waals surface area contributed by atoms with Crippen LogP contribution < -0.4 is 10.1 Å². The Morgan fingerprint density at radius 2 is 1.95 bits per heavy atom. The van der Waals surface area contributed by atoms with E-state index in [0.29, 0.717) is 5.56 Å².